The molecule has 1 saturated carbocycles. The Morgan fingerprint density at radius 1 is 1.37 bits per heavy atom. The zero-order chi connectivity index (χ0) is 13.6. The first-order valence-corrected chi connectivity index (χ1v) is 7.23. The molecule has 0 unspecified atom stereocenters. The molecule has 1 aliphatic carbocycles. The van der Waals surface area contributed by atoms with Crippen LogP contribution in [0, 0.1) is 0 Å². The Hall–Kier alpha value is -1.11. The van der Waals surface area contributed by atoms with E-state index >= 15 is 0 Å². The Kier molecular flexibility index (Phi) is 3.24. The van der Waals surface area contributed by atoms with Gasteiger partial charge in [-0.05, 0) is 36.7 Å². The number of nitrogens with zero attached hydrogens (tertiary/aromatic N) is 2. The summed E-state index contributed by atoms with van der Waals surface area (Å²) in [5.41, 5.74) is 5.96. The van der Waals surface area contributed by atoms with Crippen molar-refractivity contribution in [2.75, 3.05) is 5.73 Å². The van der Waals surface area contributed by atoms with Gasteiger partial charge >= 0.3 is 5.69 Å². The third kappa shape index (κ3) is 2.48. The molecule has 100 valence electrons. The highest BCUT2D eigenvalue weighted by molar-refractivity contribution is 7.99. The standard InChI is InChI=1S/C11H10Cl2N4OS/c12-7-3-5(14)4-8(13)9(7)19-11-16-15-10(18)17(11)6-1-2-6/h3-4,6H,1-2,14H2,(H,15,18). The van der Waals surface area contributed by atoms with Crippen LogP contribution in [0.3, 0.4) is 0 Å². The lowest BCUT2D eigenvalue weighted by molar-refractivity contribution is 0.642. The number of benzene rings is 1. The molecule has 19 heavy (non-hydrogen) atoms. The second-order valence-corrected chi connectivity index (χ2v) is 6.12. The fraction of sp³-hybridized carbons (Fsp3) is 0.273. The molecule has 0 aliphatic heterocycles. The number of nitrogens with two attached hydrogens (primary N) is 1. The number of nitrogen functional groups attached to an aromatic ring is 1. The van der Waals surface area contributed by atoms with Gasteiger partial charge in [0.05, 0.1) is 14.9 Å². The van der Waals surface area contributed by atoms with Crippen molar-refractivity contribution in [1.82, 2.24) is 14.8 Å². The Balaban J connectivity index is 2.00. The van der Waals surface area contributed by atoms with Crippen molar-refractivity contribution < 1.29 is 0 Å². The Labute approximate surface area is 123 Å². The molecular formula is C11H10Cl2N4OS. The summed E-state index contributed by atoms with van der Waals surface area (Å²) in [6, 6.07) is 3.49. The second kappa shape index (κ2) is 4.77. The number of H-pyrrole nitrogens is 1. The average Bonchev–Trinajstić information content (AvgIpc) is 3.09. The topological polar surface area (TPSA) is 76.7 Å². The summed E-state index contributed by atoms with van der Waals surface area (Å²) in [7, 11) is 0. The predicted molar refractivity (Wildman–Crippen MR) is 76.1 cm³/mol. The molecule has 1 heterocycles. The number of hydrogen-bond acceptors (Lipinski definition) is 4. The van der Waals surface area contributed by atoms with E-state index in [4.69, 9.17) is 28.9 Å². The number of halogens is 2. The van der Waals surface area contributed by atoms with E-state index < -0.39 is 0 Å². The van der Waals surface area contributed by atoms with Gasteiger partial charge in [0.15, 0.2) is 5.16 Å². The van der Waals surface area contributed by atoms with E-state index in [0.29, 0.717) is 25.8 Å². The Morgan fingerprint density at radius 3 is 2.58 bits per heavy atom. The smallest absolute Gasteiger partial charge is 0.344 e. The lowest BCUT2D eigenvalue weighted by Gasteiger charge is -2.08. The summed E-state index contributed by atoms with van der Waals surface area (Å²) >= 11 is 13.5. The summed E-state index contributed by atoms with van der Waals surface area (Å²) < 4.78 is 1.65. The van der Waals surface area contributed by atoms with E-state index in [1.807, 2.05) is 0 Å². The van der Waals surface area contributed by atoms with Crippen LogP contribution in [0.25, 0.3) is 0 Å². The molecule has 0 saturated heterocycles. The SMILES string of the molecule is Nc1cc(Cl)c(Sc2n[nH]c(=O)n2C2CC2)c(Cl)c1. The number of nitrogens with one attached hydrogen (secondary N) is 1. The minimum atomic E-state index is -0.201. The van der Waals surface area contributed by atoms with Crippen molar-refractivity contribution in [3.63, 3.8) is 0 Å². The summed E-state index contributed by atoms with van der Waals surface area (Å²) in [5, 5.41) is 7.95. The third-order valence-corrected chi connectivity index (χ3v) is 4.73. The normalized spacial score (nSPS) is 14.8. The maximum atomic E-state index is 11.7. The Bertz CT molecular complexity index is 669. The van der Waals surface area contributed by atoms with Crippen LogP contribution in [0.2, 0.25) is 10.0 Å². The molecule has 0 radical (unpaired) electrons. The monoisotopic (exact) mass is 316 g/mol. The zero-order valence-corrected chi connectivity index (χ0v) is 12.0. The van der Waals surface area contributed by atoms with Crippen LogP contribution >= 0.6 is 35.0 Å². The van der Waals surface area contributed by atoms with E-state index in [1.54, 1.807) is 16.7 Å². The van der Waals surface area contributed by atoms with Gasteiger partial charge in [-0.25, -0.2) is 9.89 Å². The molecule has 1 aliphatic rings. The van der Waals surface area contributed by atoms with Gasteiger partial charge in [0.25, 0.3) is 0 Å². The number of aromatic amines is 1. The molecular weight excluding hydrogens is 307 g/mol. The van der Waals surface area contributed by atoms with Gasteiger partial charge in [0.2, 0.25) is 0 Å². The Morgan fingerprint density at radius 2 is 2.00 bits per heavy atom. The molecule has 1 aromatic heterocycles. The van der Waals surface area contributed by atoms with Crippen LogP contribution in [0.5, 0.6) is 0 Å². The van der Waals surface area contributed by atoms with E-state index in [-0.39, 0.29) is 11.7 Å². The summed E-state index contributed by atoms with van der Waals surface area (Å²) in [4.78, 5) is 12.3. The lowest BCUT2D eigenvalue weighted by atomic mass is 10.3. The molecule has 0 bridgehead atoms. The van der Waals surface area contributed by atoms with Crippen LogP contribution in [0.1, 0.15) is 18.9 Å². The van der Waals surface area contributed by atoms with Crippen LogP contribution in [-0.4, -0.2) is 14.8 Å². The van der Waals surface area contributed by atoms with Crippen molar-refractivity contribution >= 4 is 40.7 Å². The second-order valence-electron chi connectivity index (χ2n) is 4.33. The average molecular weight is 317 g/mol. The summed E-state index contributed by atoms with van der Waals surface area (Å²) in [5.74, 6) is 0. The highest BCUT2D eigenvalue weighted by atomic mass is 35.5. The maximum absolute atomic E-state index is 11.7. The lowest BCUT2D eigenvalue weighted by Crippen LogP contribution is -2.16. The van der Waals surface area contributed by atoms with Gasteiger partial charge in [0, 0.05) is 11.7 Å². The minimum Gasteiger partial charge on any atom is -0.399 e. The molecule has 8 heteroatoms. The summed E-state index contributed by atoms with van der Waals surface area (Å²) in [6.45, 7) is 0. The predicted octanol–water partition coefficient (Wildman–Crippen LogP) is 2.95. The molecule has 5 nitrogen and oxygen atoms in total. The molecule has 0 atom stereocenters. The first-order valence-electron chi connectivity index (χ1n) is 5.65. The van der Waals surface area contributed by atoms with Gasteiger partial charge < -0.3 is 5.73 Å². The van der Waals surface area contributed by atoms with Crippen molar-refractivity contribution in [3.05, 3.63) is 32.7 Å². The molecule has 1 aromatic carbocycles. The number of anilines is 1. The van der Waals surface area contributed by atoms with Gasteiger partial charge in [0.1, 0.15) is 0 Å². The number of aromatic nitrogens is 3. The fourth-order valence-corrected chi connectivity index (χ4v) is 3.44. The molecule has 3 rings (SSSR count). The quantitative estimate of drug-likeness (QED) is 0.853. The van der Waals surface area contributed by atoms with Gasteiger partial charge in [-0.2, -0.15) is 0 Å². The summed E-state index contributed by atoms with van der Waals surface area (Å²) in [6.07, 6.45) is 1.99. The highest BCUT2D eigenvalue weighted by Crippen LogP contribution is 2.42. The van der Waals surface area contributed by atoms with Crippen LogP contribution in [0.4, 0.5) is 5.69 Å². The number of rotatable bonds is 3. The molecule has 0 amide bonds. The van der Waals surface area contributed by atoms with Crippen LogP contribution in [-0.2, 0) is 0 Å². The largest absolute Gasteiger partial charge is 0.399 e. The van der Waals surface area contributed by atoms with Gasteiger partial charge in [-0.15, -0.1) is 5.10 Å². The van der Waals surface area contributed by atoms with Gasteiger partial charge in [-0.3, -0.25) is 4.57 Å². The van der Waals surface area contributed by atoms with Crippen molar-refractivity contribution in [2.24, 2.45) is 0 Å². The first-order chi connectivity index (χ1) is 9.06. The van der Waals surface area contributed by atoms with E-state index in [0.717, 1.165) is 12.8 Å². The van der Waals surface area contributed by atoms with Crippen LogP contribution in [0.15, 0.2) is 27.0 Å². The van der Waals surface area contributed by atoms with Crippen molar-refractivity contribution in [2.45, 2.75) is 28.9 Å². The van der Waals surface area contributed by atoms with E-state index in [2.05, 4.69) is 10.2 Å². The maximum Gasteiger partial charge on any atom is 0.344 e. The van der Waals surface area contributed by atoms with Crippen molar-refractivity contribution in [3.8, 4) is 0 Å². The van der Waals surface area contributed by atoms with E-state index in [9.17, 15) is 4.79 Å². The highest BCUT2D eigenvalue weighted by Gasteiger charge is 2.29. The van der Waals surface area contributed by atoms with Crippen molar-refractivity contribution in [1.29, 1.82) is 0 Å². The molecule has 1 fully saturated rings. The third-order valence-electron chi connectivity index (χ3n) is 2.80. The van der Waals surface area contributed by atoms with E-state index in [1.165, 1.54) is 11.8 Å². The van der Waals surface area contributed by atoms with Gasteiger partial charge in [-0.1, -0.05) is 23.2 Å². The fourth-order valence-electron chi connectivity index (χ4n) is 1.79. The molecule has 2 aromatic rings. The number of hydrogen-bond donors (Lipinski definition) is 2. The zero-order valence-electron chi connectivity index (χ0n) is 9.69. The van der Waals surface area contributed by atoms with Crippen LogP contribution < -0.4 is 11.4 Å². The first kappa shape index (κ1) is 12.9. The molecule has 3 N–H and O–H groups in total. The minimum absolute atomic E-state index is 0.201. The molecule has 0 spiro atoms.